The molecule has 0 spiro atoms. The fourth-order valence-electron chi connectivity index (χ4n) is 14.0. The number of fused-ring (bicyclic) bond motifs is 3. The lowest BCUT2D eigenvalue weighted by Crippen LogP contribution is -2.51. The predicted molar refractivity (Wildman–Crippen MR) is 377 cm³/mol. The summed E-state index contributed by atoms with van der Waals surface area (Å²) in [5.41, 5.74) is 5.74. The third kappa shape index (κ3) is 15.7. The van der Waals surface area contributed by atoms with Gasteiger partial charge in [0.15, 0.2) is 18.2 Å². The van der Waals surface area contributed by atoms with Crippen LogP contribution in [0.25, 0.3) is 22.3 Å². The van der Waals surface area contributed by atoms with Gasteiger partial charge in [0.2, 0.25) is 23.7 Å². The highest BCUT2D eigenvalue weighted by Crippen LogP contribution is 2.42. The number of anilines is 5. The van der Waals surface area contributed by atoms with Crippen LogP contribution in [-0.4, -0.2) is 205 Å². The number of amides is 5. The molecular weight excluding hydrogens is 1300 g/mol. The van der Waals surface area contributed by atoms with Crippen LogP contribution >= 0.6 is 0 Å². The zero-order chi connectivity index (χ0) is 71.2. The predicted octanol–water partition coefficient (Wildman–Crippen LogP) is 7.17. The summed E-state index contributed by atoms with van der Waals surface area (Å²) in [6.07, 6.45) is 11.9. The SMILES string of the molecule is C=C1CCC(N2C(=O)c3cccc(OCC(=O)NCCN4CCN(Cc5ccc(Nc6ncc(F)c(-c7cc(F)c8c(c7)C(N(C)C)C(C)=N8)n6)nc5)CC4)c3C2=O)C(=O)N1.CCCNCC(=O)N1CCN(c2ccc(Nc3ncc4c(C)c(C(C)=O)c(=O)n(C5CCCC5)c4n3)nc2)CC1. The van der Waals surface area contributed by atoms with Crippen LogP contribution in [0, 0.1) is 18.6 Å². The second-order valence-corrected chi connectivity index (χ2v) is 26.3. The van der Waals surface area contributed by atoms with Crippen LogP contribution in [0.4, 0.5) is 43.7 Å². The monoisotopic (exact) mass is 1380 g/mol. The normalized spacial score (nSPS) is 18.0. The zero-order valence-electron chi connectivity index (χ0n) is 57.6. The van der Waals surface area contributed by atoms with E-state index >= 15 is 8.78 Å². The Labute approximate surface area is 582 Å². The highest BCUT2D eigenvalue weighted by molar-refractivity contribution is 6.24. The minimum Gasteiger partial charge on any atom is -0.483 e. The van der Waals surface area contributed by atoms with E-state index in [4.69, 9.17) is 9.72 Å². The highest BCUT2D eigenvalue weighted by Gasteiger charge is 2.46. The molecule has 0 bridgehead atoms. The first-order chi connectivity index (χ1) is 48.7. The molecule has 5 N–H and O–H groups in total. The lowest BCUT2D eigenvalue weighted by Gasteiger charge is -2.36. The Hall–Kier alpha value is -10.4. The van der Waals surface area contributed by atoms with E-state index in [-0.39, 0.29) is 93.6 Å². The summed E-state index contributed by atoms with van der Waals surface area (Å²) in [4.78, 5) is 133. The Morgan fingerprint density at radius 3 is 2.18 bits per heavy atom. The quantitative estimate of drug-likeness (QED) is 0.0255. The third-order valence-electron chi connectivity index (χ3n) is 19.1. The van der Waals surface area contributed by atoms with Gasteiger partial charge >= 0.3 is 0 Å². The molecule has 2 unspecified atom stereocenters. The van der Waals surface area contributed by atoms with E-state index in [9.17, 15) is 33.6 Å². The number of hydrogen-bond donors (Lipinski definition) is 5. The van der Waals surface area contributed by atoms with Gasteiger partial charge in [-0.3, -0.25) is 62.7 Å². The van der Waals surface area contributed by atoms with Gasteiger partial charge in [-0.05, 0) is 127 Å². The molecule has 5 aliphatic heterocycles. The maximum Gasteiger partial charge on any atom is 0.266 e. The zero-order valence-corrected chi connectivity index (χ0v) is 57.6. The number of imide groups is 1. The van der Waals surface area contributed by atoms with Crippen LogP contribution in [0.3, 0.4) is 0 Å². The van der Waals surface area contributed by atoms with Crippen molar-refractivity contribution < 1.29 is 42.3 Å². The van der Waals surface area contributed by atoms with Crippen molar-refractivity contribution in [1.29, 1.82) is 0 Å². The lowest BCUT2D eigenvalue weighted by molar-refractivity contribution is -0.130. The standard InChI is InChI=1S/C43H45F2N11O5.C29H38N8O3/c1-24-8-10-32(40(58)49-24)56-41(59)28-6-5-7-33(36(28)42(56)60)61-23-35(57)46-12-13-54-14-16-55(17-15-54)22-26-9-11-34(47-20-26)51-43-48-21-31(45)37(52-43)27-18-29-38(30(44)19-27)50-25(2)39(29)53(3)4;1-4-11-30-18-25(39)36-14-12-35(13-15-36)22-9-10-24(31-16-22)33-29-32-17-23-19(2)26(20(3)38)28(40)37(27(23)34-29)21-7-5-6-8-21/h5-7,9,11,18-21,32,39H,1,8,10,12-17,22-23H2,2-4H3,(H,46,57)(H,49,58)(H,47,48,51,52);9-10,16-17,21,30H,4-8,11-15,18H2,1-3H3,(H,31,32,33,34). The number of pyridine rings is 3. The molecule has 1 saturated carbocycles. The van der Waals surface area contributed by atoms with Gasteiger partial charge in [0.1, 0.15) is 46.3 Å². The fourth-order valence-corrected chi connectivity index (χ4v) is 14.0. The second-order valence-electron chi connectivity index (χ2n) is 26.3. The summed E-state index contributed by atoms with van der Waals surface area (Å²) >= 11 is 0. The van der Waals surface area contributed by atoms with Crippen molar-refractivity contribution in [3.63, 3.8) is 0 Å². The summed E-state index contributed by atoms with van der Waals surface area (Å²) in [6, 6.07) is 14.1. The van der Waals surface area contributed by atoms with E-state index in [0.29, 0.717) is 91.1 Å². The van der Waals surface area contributed by atoms with Gasteiger partial charge in [-0.25, -0.2) is 33.7 Å². The maximum absolute atomic E-state index is 15.1. The number of piperazine rings is 2. The molecule has 10 heterocycles. The van der Waals surface area contributed by atoms with E-state index in [1.54, 1.807) is 48.3 Å². The number of aliphatic imine (C=N–C) groups is 1. The number of piperidine rings is 1. The summed E-state index contributed by atoms with van der Waals surface area (Å²) in [5, 5.41) is 15.6. The first-order valence-corrected chi connectivity index (χ1v) is 34.2. The number of allylic oxidation sites excluding steroid dienone is 1. The van der Waals surface area contributed by atoms with Crippen LogP contribution in [0.15, 0.2) is 101 Å². The number of benzene rings is 2. The summed E-state index contributed by atoms with van der Waals surface area (Å²) in [7, 11) is 3.76. The molecule has 27 nitrogen and oxygen atoms in total. The maximum atomic E-state index is 15.1. The number of nitrogens with one attached hydrogen (secondary N) is 5. The van der Waals surface area contributed by atoms with E-state index in [1.807, 2.05) is 49.0 Å². The molecule has 3 saturated heterocycles. The van der Waals surface area contributed by atoms with Gasteiger partial charge in [0.05, 0.1) is 47.4 Å². The average Bonchev–Trinajstić information content (AvgIpc) is 1.72. The van der Waals surface area contributed by atoms with Gasteiger partial charge in [-0.15, -0.1) is 0 Å². The van der Waals surface area contributed by atoms with E-state index < -0.39 is 35.4 Å². The number of hydrogen-bond acceptors (Lipinski definition) is 22. The summed E-state index contributed by atoms with van der Waals surface area (Å²) in [5.74, 6) is -1.72. The second kappa shape index (κ2) is 31.0. The van der Waals surface area contributed by atoms with Crippen molar-refractivity contribution in [1.82, 2.24) is 74.9 Å². The van der Waals surface area contributed by atoms with Crippen LogP contribution in [0.1, 0.15) is 126 Å². The van der Waals surface area contributed by atoms with Gasteiger partial charge in [0, 0.05) is 118 Å². The fraction of sp³-hybridized carbons (Fsp3) is 0.417. The Morgan fingerprint density at radius 2 is 1.50 bits per heavy atom. The number of carbonyl (C=O) groups is 6. The lowest BCUT2D eigenvalue weighted by atomic mass is 9.99. The molecule has 2 aromatic carbocycles. The smallest absolute Gasteiger partial charge is 0.266 e. The minimum atomic E-state index is -0.945. The van der Waals surface area contributed by atoms with Crippen LogP contribution in [-0.2, 0) is 20.9 Å². The molecule has 5 amide bonds. The van der Waals surface area contributed by atoms with Crippen LogP contribution < -0.4 is 41.8 Å². The minimum absolute atomic E-state index is 0.0252. The van der Waals surface area contributed by atoms with Crippen molar-refractivity contribution in [3.05, 3.63) is 147 Å². The van der Waals surface area contributed by atoms with E-state index in [2.05, 4.69) is 84.7 Å². The molecule has 13 rings (SSSR count). The number of rotatable bonds is 22. The highest BCUT2D eigenvalue weighted by atomic mass is 19.1. The number of Topliss-reactive ketones (excluding diaryl/α,β-unsaturated/α-hetero) is 1. The molecule has 4 fully saturated rings. The summed E-state index contributed by atoms with van der Waals surface area (Å²) in [6.45, 7) is 19.6. The Kier molecular flexibility index (Phi) is 21.7. The molecular formula is C72H83F2N19O8. The topological polar surface area (TPSA) is 303 Å². The Morgan fingerprint density at radius 1 is 0.782 bits per heavy atom. The molecule has 6 aliphatic rings. The van der Waals surface area contributed by atoms with Crippen molar-refractivity contribution in [2.45, 2.75) is 97.3 Å². The van der Waals surface area contributed by atoms with E-state index in [1.165, 1.54) is 25.1 Å². The van der Waals surface area contributed by atoms with Gasteiger partial charge in [-0.2, -0.15) is 4.98 Å². The van der Waals surface area contributed by atoms with Gasteiger partial charge < -0.3 is 41.1 Å². The van der Waals surface area contributed by atoms with Crippen molar-refractivity contribution in [2.75, 3.05) is 115 Å². The first kappa shape index (κ1) is 70.5. The molecule has 1 aliphatic carbocycles. The van der Waals surface area contributed by atoms with Crippen LogP contribution in [0.5, 0.6) is 5.75 Å². The molecule has 7 aromatic rings. The molecule has 0 radical (unpaired) electrons. The van der Waals surface area contributed by atoms with Crippen LogP contribution in [0.2, 0.25) is 0 Å². The number of halogens is 2. The van der Waals surface area contributed by atoms with Crippen molar-refractivity contribution >= 4 is 87.0 Å². The number of aryl methyl sites for hydroxylation is 1. The largest absolute Gasteiger partial charge is 0.483 e. The molecule has 2 atom stereocenters. The number of aromatic nitrogens is 7. The Bertz CT molecular complexity index is 4430. The number of carbonyl (C=O) groups excluding carboxylic acids is 6. The van der Waals surface area contributed by atoms with Gasteiger partial charge in [-0.1, -0.05) is 38.5 Å². The first-order valence-electron chi connectivity index (χ1n) is 34.2. The third-order valence-corrected chi connectivity index (χ3v) is 19.1. The Balaban J connectivity index is 0.000000209. The molecule has 528 valence electrons. The van der Waals surface area contributed by atoms with Crippen molar-refractivity contribution in [2.24, 2.45) is 4.99 Å². The average molecular weight is 1380 g/mol. The van der Waals surface area contributed by atoms with Gasteiger partial charge in [0.25, 0.3) is 23.3 Å². The summed E-state index contributed by atoms with van der Waals surface area (Å²) < 4.78 is 37.6. The number of ether oxygens (including phenoxy) is 1. The molecule has 5 aromatic heterocycles. The molecule has 101 heavy (non-hydrogen) atoms. The van der Waals surface area contributed by atoms with Crippen molar-refractivity contribution in [3.8, 4) is 17.0 Å². The number of ketones is 1. The number of nitrogens with zero attached hydrogens (tertiary/aromatic N) is 14. The van der Waals surface area contributed by atoms with E-state index in [0.717, 1.165) is 106 Å². The molecule has 29 heteroatoms.